The zero-order chi connectivity index (χ0) is 13.0. The molecule has 94 valence electrons. The minimum atomic E-state index is 0.686. The van der Waals surface area contributed by atoms with Crippen LogP contribution in [0.1, 0.15) is 12.5 Å². The number of hydrogen-bond acceptors (Lipinski definition) is 3. The lowest BCUT2D eigenvalue weighted by molar-refractivity contribution is 0.832. The van der Waals surface area contributed by atoms with E-state index >= 15 is 0 Å². The molecule has 0 amide bonds. The van der Waals surface area contributed by atoms with E-state index in [1.54, 1.807) is 12.4 Å². The summed E-state index contributed by atoms with van der Waals surface area (Å²) < 4.78 is 0. The van der Waals surface area contributed by atoms with Crippen molar-refractivity contribution in [1.29, 1.82) is 0 Å². The lowest BCUT2D eigenvalue weighted by atomic mass is 10.2. The summed E-state index contributed by atoms with van der Waals surface area (Å²) in [6.07, 6.45) is 3.58. The highest BCUT2D eigenvalue weighted by atomic mass is 35.5. The standard InChI is InChI=1S/C14H16ClN3/c1-2-18(10-11-6-8-17-9-7-11)14-12(15)4-3-5-13(14)16/h3-9H,2,10,16H2,1H3. The van der Waals surface area contributed by atoms with Gasteiger partial charge in [0.05, 0.1) is 16.4 Å². The van der Waals surface area contributed by atoms with Crippen molar-refractivity contribution in [3.63, 3.8) is 0 Å². The van der Waals surface area contributed by atoms with Crippen molar-refractivity contribution >= 4 is 23.0 Å². The fourth-order valence-corrected chi connectivity index (χ4v) is 2.22. The molecule has 0 bridgehead atoms. The molecule has 0 radical (unpaired) electrons. The van der Waals surface area contributed by atoms with E-state index in [1.165, 1.54) is 5.56 Å². The quantitative estimate of drug-likeness (QED) is 0.859. The molecule has 4 heteroatoms. The van der Waals surface area contributed by atoms with Crippen LogP contribution in [0.3, 0.4) is 0 Å². The molecule has 0 saturated carbocycles. The summed E-state index contributed by atoms with van der Waals surface area (Å²) in [6, 6.07) is 9.59. The Morgan fingerprint density at radius 1 is 1.22 bits per heavy atom. The van der Waals surface area contributed by atoms with E-state index in [4.69, 9.17) is 17.3 Å². The van der Waals surface area contributed by atoms with Crippen LogP contribution in [0.5, 0.6) is 0 Å². The molecule has 1 aromatic heterocycles. The van der Waals surface area contributed by atoms with Crippen molar-refractivity contribution in [3.8, 4) is 0 Å². The molecule has 0 aliphatic carbocycles. The maximum Gasteiger partial charge on any atom is 0.0792 e. The number of nitrogen functional groups attached to an aromatic ring is 1. The maximum absolute atomic E-state index is 6.24. The molecule has 1 aromatic carbocycles. The van der Waals surface area contributed by atoms with Crippen LogP contribution in [-0.4, -0.2) is 11.5 Å². The van der Waals surface area contributed by atoms with Crippen LogP contribution in [-0.2, 0) is 6.54 Å². The third-order valence-electron chi connectivity index (χ3n) is 2.84. The monoisotopic (exact) mass is 261 g/mol. The zero-order valence-electron chi connectivity index (χ0n) is 10.3. The second kappa shape index (κ2) is 5.74. The number of anilines is 2. The summed E-state index contributed by atoms with van der Waals surface area (Å²) in [5.74, 6) is 0. The fraction of sp³-hybridized carbons (Fsp3) is 0.214. The maximum atomic E-state index is 6.24. The third kappa shape index (κ3) is 2.74. The second-order valence-corrected chi connectivity index (χ2v) is 4.45. The number of para-hydroxylation sites is 1. The van der Waals surface area contributed by atoms with Gasteiger partial charge in [0.2, 0.25) is 0 Å². The first kappa shape index (κ1) is 12.7. The molecular weight excluding hydrogens is 246 g/mol. The number of hydrogen-bond donors (Lipinski definition) is 1. The van der Waals surface area contributed by atoms with E-state index in [2.05, 4.69) is 16.8 Å². The zero-order valence-corrected chi connectivity index (χ0v) is 11.1. The molecule has 0 saturated heterocycles. The summed E-state index contributed by atoms with van der Waals surface area (Å²) in [7, 11) is 0. The molecular formula is C14H16ClN3. The van der Waals surface area contributed by atoms with Gasteiger partial charge in [-0.15, -0.1) is 0 Å². The van der Waals surface area contributed by atoms with Crippen LogP contribution >= 0.6 is 11.6 Å². The molecule has 2 aromatic rings. The van der Waals surface area contributed by atoms with Crippen LogP contribution in [0.4, 0.5) is 11.4 Å². The van der Waals surface area contributed by atoms with Crippen LogP contribution in [0.25, 0.3) is 0 Å². The molecule has 2 N–H and O–H groups in total. The van der Waals surface area contributed by atoms with Crippen LogP contribution in [0, 0.1) is 0 Å². The van der Waals surface area contributed by atoms with Crippen molar-refractivity contribution < 1.29 is 0 Å². The van der Waals surface area contributed by atoms with Crippen LogP contribution in [0.15, 0.2) is 42.7 Å². The molecule has 18 heavy (non-hydrogen) atoms. The minimum Gasteiger partial charge on any atom is -0.397 e. The third-order valence-corrected chi connectivity index (χ3v) is 3.14. The van der Waals surface area contributed by atoms with Gasteiger partial charge in [0, 0.05) is 25.5 Å². The van der Waals surface area contributed by atoms with Crippen molar-refractivity contribution in [2.75, 3.05) is 17.2 Å². The molecule has 3 nitrogen and oxygen atoms in total. The highest BCUT2D eigenvalue weighted by molar-refractivity contribution is 6.33. The Hall–Kier alpha value is -1.74. The largest absolute Gasteiger partial charge is 0.397 e. The molecule has 0 aliphatic rings. The number of nitrogens with zero attached hydrogens (tertiary/aromatic N) is 2. The SMILES string of the molecule is CCN(Cc1ccncc1)c1c(N)cccc1Cl. The fourth-order valence-electron chi connectivity index (χ4n) is 1.92. The Bertz CT molecular complexity index is 493. The first-order chi connectivity index (χ1) is 8.72. The number of pyridine rings is 1. The van der Waals surface area contributed by atoms with Crippen molar-refractivity contribution in [2.24, 2.45) is 0 Å². The smallest absolute Gasteiger partial charge is 0.0792 e. The Kier molecular flexibility index (Phi) is 4.05. The Balaban J connectivity index is 2.29. The van der Waals surface area contributed by atoms with Crippen molar-refractivity contribution in [1.82, 2.24) is 4.98 Å². The molecule has 1 heterocycles. The van der Waals surface area contributed by atoms with Gasteiger partial charge in [-0.2, -0.15) is 0 Å². The van der Waals surface area contributed by atoms with E-state index in [0.29, 0.717) is 10.7 Å². The molecule has 0 fully saturated rings. The number of rotatable bonds is 4. The van der Waals surface area contributed by atoms with Gasteiger partial charge in [-0.05, 0) is 36.8 Å². The predicted octanol–water partition coefficient (Wildman–Crippen LogP) is 3.34. The van der Waals surface area contributed by atoms with E-state index in [1.807, 2.05) is 30.3 Å². The van der Waals surface area contributed by atoms with E-state index < -0.39 is 0 Å². The van der Waals surface area contributed by atoms with Gasteiger partial charge in [-0.25, -0.2) is 0 Å². The first-order valence-electron chi connectivity index (χ1n) is 5.90. The van der Waals surface area contributed by atoms with E-state index in [-0.39, 0.29) is 0 Å². The van der Waals surface area contributed by atoms with Gasteiger partial charge in [0.1, 0.15) is 0 Å². The van der Waals surface area contributed by atoms with E-state index in [0.717, 1.165) is 18.8 Å². The molecule has 0 unspecified atom stereocenters. The number of benzene rings is 1. The van der Waals surface area contributed by atoms with Crippen molar-refractivity contribution in [2.45, 2.75) is 13.5 Å². The van der Waals surface area contributed by atoms with E-state index in [9.17, 15) is 0 Å². The minimum absolute atomic E-state index is 0.686. The second-order valence-electron chi connectivity index (χ2n) is 4.05. The summed E-state index contributed by atoms with van der Waals surface area (Å²) >= 11 is 6.24. The summed E-state index contributed by atoms with van der Waals surface area (Å²) in [5.41, 5.74) is 8.81. The number of aromatic nitrogens is 1. The molecule has 0 aliphatic heterocycles. The summed E-state index contributed by atoms with van der Waals surface area (Å²) in [6.45, 7) is 3.70. The van der Waals surface area contributed by atoms with Crippen LogP contribution in [0.2, 0.25) is 5.02 Å². The molecule has 0 spiro atoms. The first-order valence-corrected chi connectivity index (χ1v) is 6.28. The Morgan fingerprint density at radius 3 is 2.56 bits per heavy atom. The summed E-state index contributed by atoms with van der Waals surface area (Å²) in [5, 5.41) is 0.686. The number of halogens is 1. The average Bonchev–Trinajstić information content (AvgIpc) is 2.38. The van der Waals surface area contributed by atoms with Crippen LogP contribution < -0.4 is 10.6 Å². The highest BCUT2D eigenvalue weighted by Crippen LogP contribution is 2.32. The predicted molar refractivity (Wildman–Crippen MR) is 76.8 cm³/mol. The number of nitrogens with two attached hydrogens (primary N) is 1. The molecule has 2 rings (SSSR count). The average molecular weight is 262 g/mol. The van der Waals surface area contributed by atoms with Gasteiger partial charge in [0.15, 0.2) is 0 Å². The van der Waals surface area contributed by atoms with Gasteiger partial charge in [-0.3, -0.25) is 4.98 Å². The topological polar surface area (TPSA) is 42.2 Å². The Labute approximate surface area is 112 Å². The lowest BCUT2D eigenvalue weighted by Crippen LogP contribution is -2.23. The van der Waals surface area contributed by atoms with Crippen molar-refractivity contribution in [3.05, 3.63) is 53.3 Å². The van der Waals surface area contributed by atoms with Gasteiger partial charge in [-0.1, -0.05) is 17.7 Å². The summed E-state index contributed by atoms with van der Waals surface area (Å²) in [4.78, 5) is 6.18. The lowest BCUT2D eigenvalue weighted by Gasteiger charge is -2.25. The highest BCUT2D eigenvalue weighted by Gasteiger charge is 2.12. The molecule has 0 atom stereocenters. The van der Waals surface area contributed by atoms with Gasteiger partial charge >= 0.3 is 0 Å². The van der Waals surface area contributed by atoms with Gasteiger partial charge < -0.3 is 10.6 Å². The van der Waals surface area contributed by atoms with Gasteiger partial charge in [0.25, 0.3) is 0 Å². The normalized spacial score (nSPS) is 10.3. The Morgan fingerprint density at radius 2 is 1.94 bits per heavy atom.